The SMILES string of the molecule is O=C(N[C@H](Cc1ccccc1)c1cccs1)[C@@H]1CCCO1. The van der Waals surface area contributed by atoms with Crippen molar-refractivity contribution < 1.29 is 9.53 Å². The van der Waals surface area contributed by atoms with Crippen molar-refractivity contribution in [3.63, 3.8) is 0 Å². The summed E-state index contributed by atoms with van der Waals surface area (Å²) in [5, 5.41) is 5.20. The third kappa shape index (κ3) is 3.71. The number of ether oxygens (including phenoxy) is 1. The molecule has 3 nitrogen and oxygen atoms in total. The van der Waals surface area contributed by atoms with Gasteiger partial charge in [0.25, 0.3) is 0 Å². The van der Waals surface area contributed by atoms with E-state index < -0.39 is 0 Å². The number of carbonyl (C=O) groups is 1. The smallest absolute Gasteiger partial charge is 0.249 e. The zero-order valence-electron chi connectivity index (χ0n) is 11.8. The normalized spacial score (nSPS) is 19.3. The van der Waals surface area contributed by atoms with E-state index in [9.17, 15) is 4.79 Å². The molecule has 2 atom stereocenters. The van der Waals surface area contributed by atoms with Crippen LogP contribution in [0.15, 0.2) is 47.8 Å². The summed E-state index contributed by atoms with van der Waals surface area (Å²) in [7, 11) is 0. The standard InChI is InChI=1S/C17H19NO2S/c19-17(15-8-4-10-20-15)18-14(16-9-5-11-21-16)12-13-6-2-1-3-7-13/h1-3,5-7,9,11,14-15H,4,8,10,12H2,(H,18,19)/t14-,15+/m1/s1. The third-order valence-corrected chi connectivity index (χ3v) is 4.69. The minimum Gasteiger partial charge on any atom is -0.368 e. The fourth-order valence-corrected chi connectivity index (χ4v) is 3.39. The van der Waals surface area contributed by atoms with E-state index in [0.29, 0.717) is 6.61 Å². The van der Waals surface area contributed by atoms with Gasteiger partial charge >= 0.3 is 0 Å². The lowest BCUT2D eigenvalue weighted by molar-refractivity contribution is -0.130. The molecule has 1 fully saturated rings. The molecule has 0 saturated carbocycles. The number of thiophene rings is 1. The van der Waals surface area contributed by atoms with Gasteiger partial charge in [-0.2, -0.15) is 0 Å². The van der Waals surface area contributed by atoms with E-state index in [0.717, 1.165) is 19.3 Å². The molecule has 1 N–H and O–H groups in total. The molecule has 0 aliphatic carbocycles. The van der Waals surface area contributed by atoms with Gasteiger partial charge in [-0.3, -0.25) is 4.79 Å². The second-order valence-corrected chi connectivity index (χ2v) is 6.25. The van der Waals surface area contributed by atoms with Gasteiger partial charge in [0.2, 0.25) is 5.91 Å². The van der Waals surface area contributed by atoms with Gasteiger partial charge in [0.1, 0.15) is 6.10 Å². The van der Waals surface area contributed by atoms with Crippen LogP contribution in [0, 0.1) is 0 Å². The first-order valence-electron chi connectivity index (χ1n) is 7.32. The van der Waals surface area contributed by atoms with Gasteiger partial charge in [0.15, 0.2) is 0 Å². The first-order chi connectivity index (χ1) is 10.3. The molecule has 0 radical (unpaired) electrons. The Bertz CT molecular complexity index is 562. The maximum Gasteiger partial charge on any atom is 0.249 e. The van der Waals surface area contributed by atoms with Crippen molar-refractivity contribution in [3.8, 4) is 0 Å². The number of rotatable bonds is 5. The third-order valence-electron chi connectivity index (χ3n) is 3.71. The monoisotopic (exact) mass is 301 g/mol. The fraction of sp³-hybridized carbons (Fsp3) is 0.353. The molecule has 1 amide bonds. The maximum atomic E-state index is 12.3. The summed E-state index contributed by atoms with van der Waals surface area (Å²) in [5.41, 5.74) is 1.23. The molecule has 1 aromatic carbocycles. The first-order valence-corrected chi connectivity index (χ1v) is 8.20. The van der Waals surface area contributed by atoms with E-state index in [2.05, 4.69) is 23.5 Å². The van der Waals surface area contributed by atoms with Crippen molar-refractivity contribution in [2.75, 3.05) is 6.61 Å². The van der Waals surface area contributed by atoms with Crippen molar-refractivity contribution in [2.45, 2.75) is 31.4 Å². The molecule has 1 aromatic heterocycles. The van der Waals surface area contributed by atoms with Crippen molar-refractivity contribution in [1.29, 1.82) is 0 Å². The van der Waals surface area contributed by atoms with Gasteiger partial charge in [0.05, 0.1) is 6.04 Å². The molecule has 110 valence electrons. The van der Waals surface area contributed by atoms with Crippen LogP contribution in [0.25, 0.3) is 0 Å². The Hall–Kier alpha value is -1.65. The zero-order valence-corrected chi connectivity index (χ0v) is 12.6. The molecule has 1 aliphatic heterocycles. The van der Waals surface area contributed by atoms with E-state index in [1.54, 1.807) is 11.3 Å². The lowest BCUT2D eigenvalue weighted by Crippen LogP contribution is -2.37. The summed E-state index contributed by atoms with van der Waals surface area (Å²) < 4.78 is 5.47. The van der Waals surface area contributed by atoms with E-state index in [1.165, 1.54) is 10.4 Å². The van der Waals surface area contributed by atoms with Crippen LogP contribution in [0.4, 0.5) is 0 Å². The number of nitrogens with one attached hydrogen (secondary N) is 1. The summed E-state index contributed by atoms with van der Waals surface area (Å²) in [6.45, 7) is 0.695. The number of hydrogen-bond donors (Lipinski definition) is 1. The Balaban J connectivity index is 1.72. The van der Waals surface area contributed by atoms with E-state index >= 15 is 0 Å². The minimum absolute atomic E-state index is 0.0156. The topological polar surface area (TPSA) is 38.3 Å². The second-order valence-electron chi connectivity index (χ2n) is 5.27. The molecule has 2 heterocycles. The van der Waals surface area contributed by atoms with Gasteiger partial charge in [-0.15, -0.1) is 11.3 Å². The van der Waals surface area contributed by atoms with Crippen LogP contribution in [-0.4, -0.2) is 18.6 Å². The van der Waals surface area contributed by atoms with Crippen molar-refractivity contribution in [3.05, 3.63) is 58.3 Å². The maximum absolute atomic E-state index is 12.3. The second kappa shape index (κ2) is 6.87. The lowest BCUT2D eigenvalue weighted by Gasteiger charge is -2.20. The van der Waals surface area contributed by atoms with Gasteiger partial charge < -0.3 is 10.1 Å². The summed E-state index contributed by atoms with van der Waals surface area (Å²) in [4.78, 5) is 13.5. The van der Waals surface area contributed by atoms with Gasteiger partial charge in [0, 0.05) is 11.5 Å². The summed E-state index contributed by atoms with van der Waals surface area (Å²) in [6, 6.07) is 14.4. The van der Waals surface area contributed by atoms with Crippen LogP contribution in [0.2, 0.25) is 0 Å². The van der Waals surface area contributed by atoms with Gasteiger partial charge in [-0.1, -0.05) is 36.4 Å². The van der Waals surface area contributed by atoms with Crippen molar-refractivity contribution >= 4 is 17.2 Å². The quantitative estimate of drug-likeness (QED) is 0.920. The van der Waals surface area contributed by atoms with E-state index in [4.69, 9.17) is 4.74 Å². The summed E-state index contributed by atoms with van der Waals surface area (Å²) in [5.74, 6) is 0.0156. The average molecular weight is 301 g/mol. The average Bonchev–Trinajstić information content (AvgIpc) is 3.21. The zero-order chi connectivity index (χ0) is 14.5. The van der Waals surface area contributed by atoms with Crippen LogP contribution >= 0.6 is 11.3 Å². The fourth-order valence-electron chi connectivity index (χ4n) is 2.61. The Labute approximate surface area is 129 Å². The van der Waals surface area contributed by atoms with E-state index in [1.807, 2.05) is 29.6 Å². The van der Waals surface area contributed by atoms with Gasteiger partial charge in [-0.25, -0.2) is 0 Å². The Morgan fingerprint density at radius 1 is 1.29 bits per heavy atom. The molecule has 1 saturated heterocycles. The number of carbonyl (C=O) groups excluding carboxylic acids is 1. The van der Waals surface area contributed by atoms with Crippen LogP contribution in [0.1, 0.15) is 29.3 Å². The minimum atomic E-state index is -0.275. The molecular formula is C17H19NO2S. The first kappa shape index (κ1) is 14.3. The Kier molecular flexibility index (Phi) is 4.68. The Morgan fingerprint density at radius 2 is 2.14 bits per heavy atom. The summed E-state index contributed by atoms with van der Waals surface area (Å²) in [6.07, 6.45) is 2.33. The van der Waals surface area contributed by atoms with Crippen LogP contribution < -0.4 is 5.32 Å². The summed E-state index contributed by atoms with van der Waals surface area (Å²) >= 11 is 1.68. The lowest BCUT2D eigenvalue weighted by atomic mass is 10.0. The van der Waals surface area contributed by atoms with Crippen LogP contribution in [-0.2, 0) is 16.0 Å². The molecule has 0 spiro atoms. The van der Waals surface area contributed by atoms with Crippen molar-refractivity contribution in [2.24, 2.45) is 0 Å². The molecule has 4 heteroatoms. The largest absolute Gasteiger partial charge is 0.368 e. The number of hydrogen-bond acceptors (Lipinski definition) is 3. The van der Waals surface area contributed by atoms with Crippen molar-refractivity contribution in [1.82, 2.24) is 5.32 Å². The molecule has 1 aliphatic rings. The predicted octanol–water partition coefficient (Wildman–Crippen LogP) is 3.33. The number of benzene rings is 1. The highest BCUT2D eigenvalue weighted by molar-refractivity contribution is 7.10. The highest BCUT2D eigenvalue weighted by Gasteiger charge is 2.26. The molecule has 0 unspecified atom stereocenters. The predicted molar refractivity (Wildman–Crippen MR) is 84.3 cm³/mol. The molecular weight excluding hydrogens is 282 g/mol. The number of amides is 1. The van der Waals surface area contributed by atoms with Crippen LogP contribution in [0.3, 0.4) is 0 Å². The highest BCUT2D eigenvalue weighted by Crippen LogP contribution is 2.24. The van der Waals surface area contributed by atoms with Gasteiger partial charge in [-0.05, 0) is 36.3 Å². The Morgan fingerprint density at radius 3 is 2.81 bits per heavy atom. The molecule has 3 rings (SSSR count). The molecule has 2 aromatic rings. The highest BCUT2D eigenvalue weighted by atomic mass is 32.1. The van der Waals surface area contributed by atoms with Crippen LogP contribution in [0.5, 0.6) is 0 Å². The molecule has 0 bridgehead atoms. The van der Waals surface area contributed by atoms with E-state index in [-0.39, 0.29) is 18.1 Å². The molecule has 21 heavy (non-hydrogen) atoms.